The molecule has 1 aliphatic rings. The van der Waals surface area contributed by atoms with Crippen molar-refractivity contribution in [2.24, 2.45) is 0 Å². The molecular weight excluding hydrogens is 367 g/mol. The average Bonchev–Trinajstić information content (AvgIpc) is 3.09. The van der Waals surface area contributed by atoms with Crippen molar-refractivity contribution in [1.82, 2.24) is 20.1 Å². The zero-order chi connectivity index (χ0) is 18.8. The summed E-state index contributed by atoms with van der Waals surface area (Å²) in [5.74, 6) is -1.29. The third-order valence-corrected chi connectivity index (χ3v) is 5.10. The molecule has 0 radical (unpaired) electrons. The van der Waals surface area contributed by atoms with Gasteiger partial charge in [0.2, 0.25) is 0 Å². The highest BCUT2D eigenvalue weighted by Crippen LogP contribution is 2.30. The van der Waals surface area contributed by atoms with E-state index in [9.17, 15) is 9.18 Å². The molecule has 2 aromatic heterocycles. The number of hydrogen-bond acceptors (Lipinski definition) is 3. The van der Waals surface area contributed by atoms with E-state index < -0.39 is 11.7 Å². The van der Waals surface area contributed by atoms with Crippen molar-refractivity contribution >= 4 is 17.5 Å². The van der Waals surface area contributed by atoms with Gasteiger partial charge in [-0.15, -0.1) is 0 Å². The summed E-state index contributed by atoms with van der Waals surface area (Å²) in [6.45, 7) is 0.686. The highest BCUT2D eigenvalue weighted by Gasteiger charge is 2.27. The van der Waals surface area contributed by atoms with Crippen LogP contribution < -0.4 is 5.32 Å². The van der Waals surface area contributed by atoms with Gasteiger partial charge in [-0.3, -0.25) is 9.48 Å². The van der Waals surface area contributed by atoms with Crippen molar-refractivity contribution in [2.45, 2.75) is 31.8 Å². The molecule has 0 spiro atoms. The predicted molar refractivity (Wildman–Crippen MR) is 100 cm³/mol. The van der Waals surface area contributed by atoms with Crippen molar-refractivity contribution in [3.63, 3.8) is 0 Å². The molecule has 1 N–H and O–H groups in total. The molecule has 1 atom stereocenters. The second kappa shape index (κ2) is 7.48. The van der Waals surface area contributed by atoms with E-state index in [1.54, 1.807) is 6.20 Å². The maximum atomic E-state index is 14.1. The first-order chi connectivity index (χ1) is 13.1. The number of carbonyl (C=O) groups is 1. The highest BCUT2D eigenvalue weighted by atomic mass is 35.5. The van der Waals surface area contributed by atoms with E-state index >= 15 is 0 Å². The van der Waals surface area contributed by atoms with Gasteiger partial charge in [0, 0.05) is 17.5 Å². The van der Waals surface area contributed by atoms with Gasteiger partial charge in [-0.2, -0.15) is 5.10 Å². The summed E-state index contributed by atoms with van der Waals surface area (Å²) in [5.41, 5.74) is 3.18. The van der Waals surface area contributed by atoms with Gasteiger partial charge in [-0.05, 0) is 30.9 Å². The molecule has 1 aromatic carbocycles. The van der Waals surface area contributed by atoms with Gasteiger partial charge in [0.1, 0.15) is 0 Å². The quantitative estimate of drug-likeness (QED) is 0.693. The molecule has 5 nitrogen and oxygen atoms in total. The summed E-state index contributed by atoms with van der Waals surface area (Å²) >= 11 is 5.68. The topological polar surface area (TPSA) is 59.8 Å². The number of halogens is 2. The molecule has 0 saturated carbocycles. The molecule has 0 bridgehead atoms. The van der Waals surface area contributed by atoms with Gasteiger partial charge in [0.05, 0.1) is 24.3 Å². The first kappa shape index (κ1) is 17.7. The van der Waals surface area contributed by atoms with E-state index in [0.29, 0.717) is 6.54 Å². The Labute approximate surface area is 161 Å². The minimum absolute atomic E-state index is 0.0983. The van der Waals surface area contributed by atoms with Crippen molar-refractivity contribution in [2.75, 3.05) is 0 Å². The molecule has 3 aromatic rings. The number of nitrogens with one attached hydrogen (secondary N) is 1. The second-order valence-electron chi connectivity index (χ2n) is 6.57. The number of rotatable bonds is 4. The van der Waals surface area contributed by atoms with Crippen LogP contribution in [0.2, 0.25) is 5.15 Å². The number of pyridine rings is 1. The first-order valence-corrected chi connectivity index (χ1v) is 9.20. The van der Waals surface area contributed by atoms with Crippen LogP contribution in [-0.4, -0.2) is 20.7 Å². The zero-order valence-electron chi connectivity index (χ0n) is 14.5. The fraction of sp³-hybridized carbons (Fsp3) is 0.250. The van der Waals surface area contributed by atoms with Gasteiger partial charge in [0.15, 0.2) is 11.0 Å². The summed E-state index contributed by atoms with van der Waals surface area (Å²) in [7, 11) is 0. The van der Waals surface area contributed by atoms with Crippen molar-refractivity contribution in [1.29, 1.82) is 0 Å². The Morgan fingerprint density at radius 3 is 2.93 bits per heavy atom. The van der Waals surface area contributed by atoms with Crippen LogP contribution in [0.25, 0.3) is 0 Å². The maximum Gasteiger partial charge on any atom is 0.254 e. The lowest BCUT2D eigenvalue weighted by Crippen LogP contribution is -2.31. The largest absolute Gasteiger partial charge is 0.345 e. The Hall–Kier alpha value is -2.73. The average molecular weight is 385 g/mol. The second-order valence-corrected chi connectivity index (χ2v) is 6.93. The molecular formula is C20H18ClFN4O. The van der Waals surface area contributed by atoms with E-state index in [0.717, 1.165) is 30.5 Å². The van der Waals surface area contributed by atoms with Gasteiger partial charge in [-0.25, -0.2) is 9.37 Å². The van der Waals surface area contributed by atoms with Crippen molar-refractivity contribution < 1.29 is 9.18 Å². The van der Waals surface area contributed by atoms with Crippen LogP contribution in [0, 0.1) is 5.82 Å². The standard InChI is InChI=1S/C20H18ClFN4O/c21-19-18(22)14(9-10-23-19)20(27)25-16-7-4-8-17-15(16)11-24-26(17)12-13-5-2-1-3-6-13/h1-3,5-6,9-11,16H,4,7-8,12H2,(H,25,27). The van der Waals surface area contributed by atoms with E-state index in [1.165, 1.54) is 17.8 Å². The Morgan fingerprint density at radius 1 is 1.30 bits per heavy atom. The fourth-order valence-electron chi connectivity index (χ4n) is 3.49. The molecule has 0 fully saturated rings. The molecule has 1 aliphatic carbocycles. The highest BCUT2D eigenvalue weighted by molar-refractivity contribution is 6.29. The molecule has 0 aliphatic heterocycles. The molecule has 1 unspecified atom stereocenters. The minimum atomic E-state index is -0.799. The monoisotopic (exact) mass is 384 g/mol. The SMILES string of the molecule is O=C(NC1CCCc2c1cnn2Cc1ccccc1)c1ccnc(Cl)c1F. The Bertz CT molecular complexity index is 973. The molecule has 27 heavy (non-hydrogen) atoms. The van der Waals surface area contributed by atoms with E-state index in [4.69, 9.17) is 11.6 Å². The Morgan fingerprint density at radius 2 is 2.11 bits per heavy atom. The number of hydrogen-bond donors (Lipinski definition) is 1. The summed E-state index contributed by atoms with van der Waals surface area (Å²) in [4.78, 5) is 16.2. The maximum absolute atomic E-state index is 14.1. The van der Waals surface area contributed by atoms with Crippen molar-refractivity contribution in [3.05, 3.63) is 82.1 Å². The number of fused-ring (bicyclic) bond motifs is 1. The molecule has 138 valence electrons. The van der Waals surface area contributed by atoms with Crippen LogP contribution in [0.1, 0.15) is 46.1 Å². The third-order valence-electron chi connectivity index (χ3n) is 4.83. The number of benzene rings is 1. The minimum Gasteiger partial charge on any atom is -0.345 e. The van der Waals surface area contributed by atoms with Gasteiger partial charge < -0.3 is 5.32 Å². The normalized spacial score (nSPS) is 16.0. The summed E-state index contributed by atoms with van der Waals surface area (Å²) in [6.07, 6.45) is 5.75. The number of carbonyl (C=O) groups excluding carboxylic acids is 1. The number of nitrogens with zero attached hydrogens (tertiary/aromatic N) is 3. The van der Waals surface area contributed by atoms with Crippen LogP contribution in [-0.2, 0) is 13.0 Å². The van der Waals surface area contributed by atoms with Gasteiger partial charge in [-0.1, -0.05) is 41.9 Å². The van der Waals surface area contributed by atoms with Crippen molar-refractivity contribution in [3.8, 4) is 0 Å². The summed E-state index contributed by atoms with van der Waals surface area (Å²) in [6, 6.07) is 11.2. The lowest BCUT2D eigenvalue weighted by Gasteiger charge is -2.24. The van der Waals surface area contributed by atoms with E-state index in [2.05, 4.69) is 27.5 Å². The summed E-state index contributed by atoms with van der Waals surface area (Å²) < 4.78 is 16.1. The smallest absolute Gasteiger partial charge is 0.254 e. The van der Waals surface area contributed by atoms with Crippen LogP contribution in [0.4, 0.5) is 4.39 Å². The molecule has 1 amide bonds. The summed E-state index contributed by atoms with van der Waals surface area (Å²) in [5, 5.41) is 7.13. The molecule has 0 saturated heterocycles. The zero-order valence-corrected chi connectivity index (χ0v) is 15.3. The predicted octanol–water partition coefficient (Wildman–Crippen LogP) is 3.93. The Kier molecular flexibility index (Phi) is 4.90. The number of amides is 1. The van der Waals surface area contributed by atoms with E-state index in [1.807, 2.05) is 22.9 Å². The fourth-order valence-corrected chi connectivity index (χ4v) is 3.65. The third kappa shape index (κ3) is 3.57. The first-order valence-electron chi connectivity index (χ1n) is 8.83. The lowest BCUT2D eigenvalue weighted by molar-refractivity contribution is 0.0928. The molecule has 4 rings (SSSR count). The van der Waals surface area contributed by atoms with Gasteiger partial charge >= 0.3 is 0 Å². The molecule has 7 heteroatoms. The molecule has 2 heterocycles. The van der Waals surface area contributed by atoms with Crippen LogP contribution in [0.15, 0.2) is 48.8 Å². The van der Waals surface area contributed by atoms with Gasteiger partial charge in [0.25, 0.3) is 5.91 Å². The lowest BCUT2D eigenvalue weighted by atomic mass is 9.92. The van der Waals surface area contributed by atoms with E-state index in [-0.39, 0.29) is 16.8 Å². The van der Waals surface area contributed by atoms with Crippen LogP contribution in [0.5, 0.6) is 0 Å². The number of aromatic nitrogens is 3. The van der Waals surface area contributed by atoms with Crippen LogP contribution >= 0.6 is 11.6 Å². The van der Waals surface area contributed by atoms with Crippen LogP contribution in [0.3, 0.4) is 0 Å². The Balaban J connectivity index is 1.55.